The van der Waals surface area contributed by atoms with E-state index in [1.165, 1.54) is 0 Å². The fourth-order valence-electron chi connectivity index (χ4n) is 1.80. The highest BCUT2D eigenvalue weighted by Crippen LogP contribution is 2.18. The Labute approximate surface area is 98.1 Å². The van der Waals surface area contributed by atoms with Gasteiger partial charge in [-0.25, -0.2) is 4.79 Å². The summed E-state index contributed by atoms with van der Waals surface area (Å²) in [6.07, 6.45) is 0.848. The van der Waals surface area contributed by atoms with Crippen molar-refractivity contribution in [1.29, 1.82) is 0 Å². The molecule has 0 aromatic carbocycles. The summed E-state index contributed by atoms with van der Waals surface area (Å²) in [6, 6.07) is -2.40. The van der Waals surface area contributed by atoms with Gasteiger partial charge in [-0.3, -0.25) is 9.35 Å². The maximum atomic E-state index is 11.7. The molecule has 4 N–H and O–H groups in total. The number of likely N-dealkylation sites (tertiary alicyclic amines) is 1. The standard InChI is InChI=1S/C8H14N2O6S/c9-5(4-17(14,15)16)7(11)10-3-1-2-6(10)8(12)13/h5-6H,1-4,9H2,(H,12,13)(H,14,15,16). The van der Waals surface area contributed by atoms with Crippen LogP contribution in [-0.4, -0.2) is 59.2 Å². The summed E-state index contributed by atoms with van der Waals surface area (Å²) < 4.78 is 29.7. The van der Waals surface area contributed by atoms with Gasteiger partial charge in [0.1, 0.15) is 12.1 Å². The minimum Gasteiger partial charge on any atom is -0.480 e. The average molecular weight is 266 g/mol. The maximum Gasteiger partial charge on any atom is 0.326 e. The molecule has 1 aliphatic rings. The minimum absolute atomic E-state index is 0.231. The number of carboxylic acid groups (broad SMARTS) is 1. The van der Waals surface area contributed by atoms with E-state index in [0.29, 0.717) is 12.8 Å². The van der Waals surface area contributed by atoms with Gasteiger partial charge in [0.25, 0.3) is 10.1 Å². The van der Waals surface area contributed by atoms with Gasteiger partial charge in [0.2, 0.25) is 5.91 Å². The third kappa shape index (κ3) is 3.65. The number of hydrogen-bond acceptors (Lipinski definition) is 5. The first-order chi connectivity index (χ1) is 7.72. The number of carbonyl (C=O) groups is 2. The lowest BCUT2D eigenvalue weighted by molar-refractivity contribution is -0.148. The van der Waals surface area contributed by atoms with Crippen molar-refractivity contribution in [2.45, 2.75) is 24.9 Å². The SMILES string of the molecule is NC(CS(=O)(=O)O)C(=O)N1CCCC1C(=O)O. The quantitative estimate of drug-likeness (QED) is 0.514. The third-order valence-electron chi connectivity index (χ3n) is 2.53. The molecule has 0 radical (unpaired) electrons. The van der Waals surface area contributed by atoms with E-state index in [-0.39, 0.29) is 6.54 Å². The fraction of sp³-hybridized carbons (Fsp3) is 0.750. The molecule has 9 heteroatoms. The van der Waals surface area contributed by atoms with Gasteiger partial charge < -0.3 is 15.7 Å². The number of carbonyl (C=O) groups excluding carboxylic acids is 1. The summed E-state index contributed by atoms with van der Waals surface area (Å²) in [5.41, 5.74) is 5.32. The zero-order chi connectivity index (χ0) is 13.2. The lowest BCUT2D eigenvalue weighted by Crippen LogP contribution is -2.50. The second-order valence-corrected chi connectivity index (χ2v) is 5.38. The Morgan fingerprint density at radius 3 is 2.53 bits per heavy atom. The lowest BCUT2D eigenvalue weighted by atomic mass is 10.2. The van der Waals surface area contributed by atoms with Gasteiger partial charge in [-0.2, -0.15) is 8.42 Å². The van der Waals surface area contributed by atoms with Crippen LogP contribution in [0.5, 0.6) is 0 Å². The van der Waals surface area contributed by atoms with Crippen LogP contribution in [-0.2, 0) is 19.7 Å². The normalized spacial score (nSPS) is 22.5. The van der Waals surface area contributed by atoms with E-state index in [9.17, 15) is 18.0 Å². The van der Waals surface area contributed by atoms with Crippen LogP contribution in [0, 0.1) is 0 Å². The van der Waals surface area contributed by atoms with Crippen molar-refractivity contribution in [3.63, 3.8) is 0 Å². The van der Waals surface area contributed by atoms with Crippen molar-refractivity contribution >= 4 is 22.0 Å². The van der Waals surface area contributed by atoms with E-state index in [2.05, 4.69) is 0 Å². The Kier molecular flexibility index (Phi) is 4.07. The Morgan fingerprint density at radius 2 is 2.06 bits per heavy atom. The van der Waals surface area contributed by atoms with Crippen molar-refractivity contribution in [1.82, 2.24) is 4.90 Å². The van der Waals surface area contributed by atoms with Crippen LogP contribution in [0.25, 0.3) is 0 Å². The van der Waals surface area contributed by atoms with E-state index >= 15 is 0 Å². The maximum absolute atomic E-state index is 11.7. The summed E-state index contributed by atoms with van der Waals surface area (Å²) in [5.74, 6) is -2.82. The highest BCUT2D eigenvalue weighted by Gasteiger charge is 2.36. The molecule has 0 bridgehead atoms. The lowest BCUT2D eigenvalue weighted by Gasteiger charge is -2.24. The van der Waals surface area contributed by atoms with Crippen LogP contribution in [0.4, 0.5) is 0 Å². The van der Waals surface area contributed by atoms with E-state index < -0.39 is 39.8 Å². The molecule has 17 heavy (non-hydrogen) atoms. The molecule has 0 aromatic rings. The molecule has 2 unspecified atom stereocenters. The van der Waals surface area contributed by atoms with Crippen molar-refractivity contribution in [2.75, 3.05) is 12.3 Å². The molecular formula is C8H14N2O6S. The van der Waals surface area contributed by atoms with Crippen LogP contribution in [0.3, 0.4) is 0 Å². The van der Waals surface area contributed by atoms with Gasteiger partial charge in [-0.1, -0.05) is 0 Å². The first-order valence-electron chi connectivity index (χ1n) is 4.96. The Hall–Kier alpha value is -1.19. The van der Waals surface area contributed by atoms with Gasteiger partial charge in [0.15, 0.2) is 0 Å². The number of carboxylic acids is 1. The minimum atomic E-state index is -4.36. The molecule has 2 atom stereocenters. The molecule has 1 heterocycles. The zero-order valence-corrected chi connectivity index (χ0v) is 9.76. The molecule has 0 aromatic heterocycles. The highest BCUT2D eigenvalue weighted by atomic mass is 32.2. The van der Waals surface area contributed by atoms with E-state index in [1.807, 2.05) is 0 Å². The van der Waals surface area contributed by atoms with Crippen LogP contribution < -0.4 is 5.73 Å². The summed E-state index contributed by atoms with van der Waals surface area (Å²) in [7, 11) is -4.36. The summed E-state index contributed by atoms with van der Waals surface area (Å²) in [5, 5.41) is 8.84. The molecule has 1 amide bonds. The molecule has 0 saturated carbocycles. The van der Waals surface area contributed by atoms with Gasteiger partial charge in [0, 0.05) is 6.54 Å². The van der Waals surface area contributed by atoms with Crippen molar-refractivity contribution < 1.29 is 27.7 Å². The number of rotatable bonds is 4. The zero-order valence-electron chi connectivity index (χ0n) is 8.94. The predicted octanol–water partition coefficient (Wildman–Crippen LogP) is -1.72. The first kappa shape index (κ1) is 13.9. The summed E-state index contributed by atoms with van der Waals surface area (Å²) in [4.78, 5) is 23.6. The molecule has 1 fully saturated rings. The van der Waals surface area contributed by atoms with E-state index in [0.717, 1.165) is 4.90 Å². The molecule has 1 aliphatic heterocycles. The number of hydrogen-bond donors (Lipinski definition) is 3. The molecule has 0 spiro atoms. The topological polar surface area (TPSA) is 138 Å². The van der Waals surface area contributed by atoms with Crippen LogP contribution in [0.2, 0.25) is 0 Å². The molecule has 98 valence electrons. The predicted molar refractivity (Wildman–Crippen MR) is 56.8 cm³/mol. The molecular weight excluding hydrogens is 252 g/mol. The Balaban J connectivity index is 2.72. The number of nitrogens with zero attached hydrogens (tertiary/aromatic N) is 1. The smallest absolute Gasteiger partial charge is 0.326 e. The van der Waals surface area contributed by atoms with Crippen molar-refractivity contribution in [3.8, 4) is 0 Å². The second kappa shape index (κ2) is 4.98. The van der Waals surface area contributed by atoms with Gasteiger partial charge in [0.05, 0.1) is 5.75 Å². The van der Waals surface area contributed by atoms with Crippen LogP contribution >= 0.6 is 0 Å². The van der Waals surface area contributed by atoms with Gasteiger partial charge in [-0.15, -0.1) is 0 Å². The van der Waals surface area contributed by atoms with Crippen LogP contribution in [0.15, 0.2) is 0 Å². The molecule has 0 aliphatic carbocycles. The largest absolute Gasteiger partial charge is 0.480 e. The monoisotopic (exact) mass is 266 g/mol. The molecule has 8 nitrogen and oxygen atoms in total. The Morgan fingerprint density at radius 1 is 1.47 bits per heavy atom. The first-order valence-corrected chi connectivity index (χ1v) is 6.57. The van der Waals surface area contributed by atoms with Crippen molar-refractivity contribution in [3.05, 3.63) is 0 Å². The van der Waals surface area contributed by atoms with Gasteiger partial charge >= 0.3 is 5.97 Å². The summed E-state index contributed by atoms with van der Waals surface area (Å²) >= 11 is 0. The molecule has 1 saturated heterocycles. The Bertz CT molecular complexity index is 420. The summed E-state index contributed by atoms with van der Waals surface area (Å²) in [6.45, 7) is 0.231. The molecule has 1 rings (SSSR count). The fourth-order valence-corrected chi connectivity index (χ4v) is 2.39. The third-order valence-corrected chi connectivity index (χ3v) is 3.31. The highest BCUT2D eigenvalue weighted by molar-refractivity contribution is 7.85. The average Bonchev–Trinajstić information content (AvgIpc) is 2.61. The number of aliphatic carboxylic acids is 1. The van der Waals surface area contributed by atoms with Crippen LogP contribution in [0.1, 0.15) is 12.8 Å². The van der Waals surface area contributed by atoms with Crippen molar-refractivity contribution in [2.24, 2.45) is 5.73 Å². The van der Waals surface area contributed by atoms with Gasteiger partial charge in [-0.05, 0) is 12.8 Å². The van der Waals surface area contributed by atoms with E-state index in [1.54, 1.807) is 0 Å². The second-order valence-electron chi connectivity index (χ2n) is 3.88. The number of nitrogens with two attached hydrogens (primary N) is 1. The van der Waals surface area contributed by atoms with E-state index in [4.69, 9.17) is 15.4 Å². The number of amides is 1.